The number of aromatic nitrogens is 3. The van der Waals surface area contributed by atoms with Crippen molar-refractivity contribution in [1.82, 2.24) is 20.0 Å². The quantitative estimate of drug-likeness (QED) is 0.651. The molecule has 2 aromatic heterocycles. The summed E-state index contributed by atoms with van der Waals surface area (Å²) in [5, 5.41) is 6.86. The number of carbonyl (C=O) groups is 1. The van der Waals surface area contributed by atoms with Crippen molar-refractivity contribution >= 4 is 17.2 Å². The molecule has 1 amide bonds. The molecular weight excluding hydrogens is 376 g/mol. The molecule has 4 rings (SSSR count). The van der Waals surface area contributed by atoms with E-state index >= 15 is 0 Å². The molecule has 1 aliphatic rings. The van der Waals surface area contributed by atoms with Gasteiger partial charge in [0.1, 0.15) is 12.4 Å². The Morgan fingerprint density at radius 1 is 1.36 bits per heavy atom. The van der Waals surface area contributed by atoms with Crippen LogP contribution in [0.2, 0.25) is 0 Å². The van der Waals surface area contributed by atoms with Crippen molar-refractivity contribution in [3.63, 3.8) is 0 Å². The van der Waals surface area contributed by atoms with E-state index in [4.69, 9.17) is 9.26 Å². The van der Waals surface area contributed by atoms with Crippen molar-refractivity contribution < 1.29 is 14.1 Å². The van der Waals surface area contributed by atoms with E-state index < -0.39 is 0 Å². The molecule has 0 radical (unpaired) electrons. The summed E-state index contributed by atoms with van der Waals surface area (Å²) in [6.07, 6.45) is 1.86. The van der Waals surface area contributed by atoms with Gasteiger partial charge in [0, 0.05) is 24.0 Å². The van der Waals surface area contributed by atoms with Crippen LogP contribution < -0.4 is 4.74 Å². The minimum absolute atomic E-state index is 0.00381. The van der Waals surface area contributed by atoms with Crippen molar-refractivity contribution in [2.75, 3.05) is 13.1 Å². The smallest absolute Gasteiger partial charge is 0.254 e. The Hall–Kier alpha value is -2.74. The summed E-state index contributed by atoms with van der Waals surface area (Å²) in [5.74, 6) is 1.99. The maximum absolute atomic E-state index is 13.0. The second-order valence-electron chi connectivity index (χ2n) is 6.94. The number of piperidine rings is 1. The minimum Gasteiger partial charge on any atom is -0.487 e. The second kappa shape index (κ2) is 8.10. The zero-order chi connectivity index (χ0) is 19.5. The van der Waals surface area contributed by atoms with Crippen LogP contribution in [0.15, 0.2) is 34.2 Å². The molecule has 1 atom stereocenters. The Morgan fingerprint density at radius 3 is 3.00 bits per heavy atom. The van der Waals surface area contributed by atoms with Crippen LogP contribution in [0, 0.1) is 13.8 Å². The van der Waals surface area contributed by atoms with Crippen LogP contribution in [-0.2, 0) is 6.61 Å². The fourth-order valence-electron chi connectivity index (χ4n) is 3.38. The van der Waals surface area contributed by atoms with Gasteiger partial charge in [0.25, 0.3) is 5.91 Å². The van der Waals surface area contributed by atoms with Crippen LogP contribution >= 0.6 is 11.3 Å². The van der Waals surface area contributed by atoms with Gasteiger partial charge in [0.2, 0.25) is 5.89 Å². The van der Waals surface area contributed by atoms with Gasteiger partial charge in [-0.05, 0) is 44.9 Å². The molecule has 0 N–H and O–H groups in total. The molecule has 1 saturated heterocycles. The first kappa shape index (κ1) is 18.6. The fraction of sp³-hybridized carbons (Fsp3) is 0.400. The van der Waals surface area contributed by atoms with E-state index in [1.165, 1.54) is 0 Å². The fourth-order valence-corrected chi connectivity index (χ4v) is 3.97. The van der Waals surface area contributed by atoms with Gasteiger partial charge in [-0.3, -0.25) is 4.79 Å². The van der Waals surface area contributed by atoms with Crippen molar-refractivity contribution in [2.24, 2.45) is 0 Å². The molecule has 0 saturated carbocycles. The number of rotatable bonds is 5. The Kier molecular flexibility index (Phi) is 5.38. The van der Waals surface area contributed by atoms with E-state index in [1.54, 1.807) is 24.3 Å². The molecule has 0 unspecified atom stereocenters. The van der Waals surface area contributed by atoms with Gasteiger partial charge < -0.3 is 14.2 Å². The van der Waals surface area contributed by atoms with E-state index in [9.17, 15) is 4.79 Å². The van der Waals surface area contributed by atoms with Crippen LogP contribution in [-0.4, -0.2) is 39.0 Å². The molecule has 8 heteroatoms. The summed E-state index contributed by atoms with van der Waals surface area (Å²) in [4.78, 5) is 23.6. The van der Waals surface area contributed by atoms with Crippen molar-refractivity contribution in [2.45, 2.75) is 39.2 Å². The Labute approximate surface area is 167 Å². The van der Waals surface area contributed by atoms with Gasteiger partial charge in [0.15, 0.2) is 5.82 Å². The molecule has 3 heterocycles. The van der Waals surface area contributed by atoms with Crippen LogP contribution in [0.3, 0.4) is 0 Å². The number of amides is 1. The lowest BCUT2D eigenvalue weighted by atomic mass is 9.97. The molecule has 146 valence electrons. The lowest BCUT2D eigenvalue weighted by Gasteiger charge is -2.31. The van der Waals surface area contributed by atoms with Crippen LogP contribution in [0.25, 0.3) is 0 Å². The van der Waals surface area contributed by atoms with Gasteiger partial charge in [-0.1, -0.05) is 11.2 Å². The molecule has 0 aliphatic carbocycles. The molecule has 3 aromatic rings. The van der Waals surface area contributed by atoms with Crippen LogP contribution in [0.4, 0.5) is 0 Å². The van der Waals surface area contributed by atoms with E-state index in [1.807, 2.05) is 35.4 Å². The van der Waals surface area contributed by atoms with Gasteiger partial charge in [-0.2, -0.15) is 4.98 Å². The van der Waals surface area contributed by atoms with E-state index in [-0.39, 0.29) is 11.8 Å². The van der Waals surface area contributed by atoms with Gasteiger partial charge in [0.05, 0.1) is 16.6 Å². The third-order valence-corrected chi connectivity index (χ3v) is 5.56. The van der Waals surface area contributed by atoms with Gasteiger partial charge >= 0.3 is 0 Å². The number of hydrogen-bond acceptors (Lipinski definition) is 7. The molecule has 1 aliphatic heterocycles. The molecule has 0 spiro atoms. The summed E-state index contributed by atoms with van der Waals surface area (Å²) in [7, 11) is 0. The van der Waals surface area contributed by atoms with E-state index in [0.717, 1.165) is 30.1 Å². The highest BCUT2D eigenvalue weighted by Crippen LogP contribution is 2.27. The Morgan fingerprint density at radius 2 is 2.25 bits per heavy atom. The van der Waals surface area contributed by atoms with Gasteiger partial charge in [-0.25, -0.2) is 4.98 Å². The normalized spacial score (nSPS) is 16.9. The SMILES string of the molecule is Cc1noc([C@H]2CCCN(C(=O)c3cccc(OCc4csc(C)n4)c3)C2)n1. The number of aryl methyl sites for hydroxylation is 2. The average Bonchev–Trinajstić information content (AvgIpc) is 3.34. The summed E-state index contributed by atoms with van der Waals surface area (Å²) in [6, 6.07) is 7.32. The number of likely N-dealkylation sites (tertiary alicyclic amines) is 1. The minimum atomic E-state index is -0.00381. The maximum Gasteiger partial charge on any atom is 0.254 e. The first-order valence-electron chi connectivity index (χ1n) is 9.32. The molecule has 0 bridgehead atoms. The van der Waals surface area contributed by atoms with Crippen molar-refractivity contribution in [1.29, 1.82) is 0 Å². The zero-order valence-electron chi connectivity index (χ0n) is 15.9. The number of hydrogen-bond donors (Lipinski definition) is 0. The lowest BCUT2D eigenvalue weighted by Crippen LogP contribution is -2.39. The Balaban J connectivity index is 1.42. The summed E-state index contributed by atoms with van der Waals surface area (Å²) in [6.45, 7) is 5.48. The highest BCUT2D eigenvalue weighted by Gasteiger charge is 2.28. The monoisotopic (exact) mass is 398 g/mol. The summed E-state index contributed by atoms with van der Waals surface area (Å²) in [5.41, 5.74) is 1.52. The van der Waals surface area contributed by atoms with Crippen LogP contribution in [0.5, 0.6) is 5.75 Å². The summed E-state index contributed by atoms with van der Waals surface area (Å²) >= 11 is 1.60. The average molecular weight is 398 g/mol. The topological polar surface area (TPSA) is 81.4 Å². The molecule has 28 heavy (non-hydrogen) atoms. The third kappa shape index (κ3) is 4.22. The predicted molar refractivity (Wildman–Crippen MR) is 105 cm³/mol. The highest BCUT2D eigenvalue weighted by atomic mass is 32.1. The van der Waals surface area contributed by atoms with E-state index in [2.05, 4.69) is 15.1 Å². The second-order valence-corrected chi connectivity index (χ2v) is 8.01. The van der Waals surface area contributed by atoms with Crippen molar-refractivity contribution in [3.05, 3.63) is 57.6 Å². The first-order valence-corrected chi connectivity index (χ1v) is 10.2. The number of thiazole rings is 1. The predicted octanol–water partition coefficient (Wildman–Crippen LogP) is 3.74. The zero-order valence-corrected chi connectivity index (χ0v) is 16.7. The Bertz CT molecular complexity index is 968. The lowest BCUT2D eigenvalue weighted by molar-refractivity contribution is 0.0695. The molecular formula is C20H22N4O3S. The molecule has 1 fully saturated rings. The number of nitrogens with zero attached hydrogens (tertiary/aromatic N) is 4. The largest absolute Gasteiger partial charge is 0.487 e. The van der Waals surface area contributed by atoms with Gasteiger partial charge in [-0.15, -0.1) is 11.3 Å². The van der Waals surface area contributed by atoms with E-state index in [0.29, 0.717) is 36.2 Å². The van der Waals surface area contributed by atoms with Crippen molar-refractivity contribution in [3.8, 4) is 5.75 Å². The standard InChI is InChI=1S/C20H22N4O3S/c1-13-21-19(27-23-13)16-6-4-8-24(10-16)20(25)15-5-3-7-18(9-15)26-11-17-12-28-14(2)22-17/h3,5,7,9,12,16H,4,6,8,10-11H2,1-2H3/t16-/m0/s1. The molecule has 7 nitrogen and oxygen atoms in total. The highest BCUT2D eigenvalue weighted by molar-refractivity contribution is 7.09. The molecule has 1 aromatic carbocycles. The maximum atomic E-state index is 13.0. The first-order chi connectivity index (χ1) is 13.6. The number of ether oxygens (including phenoxy) is 1. The number of benzene rings is 1. The number of carbonyl (C=O) groups excluding carboxylic acids is 1. The third-order valence-electron chi connectivity index (χ3n) is 4.74. The van der Waals surface area contributed by atoms with Crippen LogP contribution in [0.1, 0.15) is 51.5 Å². The summed E-state index contributed by atoms with van der Waals surface area (Å²) < 4.78 is 11.1.